The molecule has 9 aromatic carbocycles. The van der Waals surface area contributed by atoms with Crippen LogP contribution in [0.3, 0.4) is 0 Å². The van der Waals surface area contributed by atoms with Crippen LogP contribution in [0.4, 0.5) is 34.1 Å². The van der Waals surface area contributed by atoms with E-state index < -0.39 is 12.1 Å². The average Bonchev–Trinajstić information content (AvgIpc) is 3.75. The number of anilines is 6. The molecule has 0 amide bonds. The van der Waals surface area contributed by atoms with Crippen molar-refractivity contribution in [3.05, 3.63) is 180 Å². The van der Waals surface area contributed by atoms with Gasteiger partial charge in [-0.05, 0) is 94.0 Å². The van der Waals surface area contributed by atoms with Gasteiger partial charge in [0.2, 0.25) is 0 Å². The Labute approximate surface area is 414 Å². The van der Waals surface area contributed by atoms with Gasteiger partial charge in [0.15, 0.2) is 11.5 Å². The molecule has 6 nitrogen and oxygen atoms in total. The summed E-state index contributed by atoms with van der Waals surface area (Å²) in [5.74, 6) is 6.08. The first-order chi connectivity index (χ1) is 34.0. The molecule has 334 valence electrons. The second kappa shape index (κ2) is 12.3. The maximum atomic E-state index is 7.70. The molecule has 8 aliphatic rings. The van der Waals surface area contributed by atoms with Gasteiger partial charge in [-0.2, -0.15) is 0 Å². The normalized spacial score (nSPS) is 20.6. The van der Waals surface area contributed by atoms with E-state index in [0.29, 0.717) is 11.5 Å². The summed E-state index contributed by atoms with van der Waals surface area (Å²) in [5, 5.41) is 5.88. The Kier molecular flexibility index (Phi) is 6.84. The maximum absolute atomic E-state index is 7.70. The molecule has 0 bridgehead atoms. The third-order valence-corrected chi connectivity index (χ3v) is 26.1. The molecule has 0 radical (unpaired) electrons. The predicted molar refractivity (Wildman–Crippen MR) is 290 cm³/mol. The van der Waals surface area contributed by atoms with Crippen molar-refractivity contribution in [3.8, 4) is 68.2 Å². The van der Waals surface area contributed by atoms with E-state index in [1.165, 1.54) is 22.3 Å². The summed E-state index contributed by atoms with van der Waals surface area (Å²) in [7, 11) is 0. The van der Waals surface area contributed by atoms with E-state index in [1.54, 1.807) is 0 Å². The summed E-state index contributed by atoms with van der Waals surface area (Å²) in [6.45, 7) is 9.30. The number of fused-ring (bicyclic) bond motifs is 10. The van der Waals surface area contributed by atoms with Crippen LogP contribution >= 0.6 is 12.1 Å². The van der Waals surface area contributed by atoms with Crippen molar-refractivity contribution >= 4 is 102 Å². The monoisotopic (exact) mass is 976 g/mol. The number of rotatable bonds is 2. The molecule has 2 atom stereocenters. The fourth-order valence-corrected chi connectivity index (χ4v) is 23.7. The van der Waals surface area contributed by atoms with E-state index in [0.717, 1.165) is 123 Å². The molecule has 2 unspecified atom stereocenters. The van der Waals surface area contributed by atoms with E-state index in [4.69, 9.17) is 42.6 Å². The van der Waals surface area contributed by atoms with Gasteiger partial charge in [0.1, 0.15) is 45.9 Å². The molecule has 0 N–H and O–H groups in total. The molecule has 0 saturated carbocycles. The lowest BCUT2D eigenvalue weighted by Crippen LogP contribution is -2.48. The van der Waals surface area contributed by atoms with Crippen LogP contribution in [0.5, 0.6) is 46.0 Å². The van der Waals surface area contributed by atoms with E-state index in [2.05, 4.69) is 183 Å². The third kappa shape index (κ3) is 4.13. The second-order valence-electron chi connectivity index (χ2n) is 20.6. The minimum atomic E-state index is -3.10. The Morgan fingerprint density at radius 3 is 1.13 bits per heavy atom. The minimum Gasteiger partial charge on any atom is -0.455 e. The van der Waals surface area contributed by atoms with E-state index >= 15 is 0 Å². The van der Waals surface area contributed by atoms with Crippen molar-refractivity contribution in [3.63, 3.8) is 0 Å². The first kappa shape index (κ1) is 38.9. The number of nitrogens with zero attached hydrogens (tertiary/aromatic N) is 2. The average molecular weight is 977 g/mol. The van der Waals surface area contributed by atoms with E-state index in [9.17, 15) is 0 Å². The predicted octanol–water partition coefficient (Wildman–Crippen LogP) is 13.8. The quantitative estimate of drug-likeness (QED) is 0.159. The van der Waals surface area contributed by atoms with Crippen molar-refractivity contribution in [2.45, 2.75) is 38.5 Å². The molecule has 6 heterocycles. The molecule has 0 spiro atoms. The Morgan fingerprint density at radius 2 is 0.729 bits per heavy atom. The van der Waals surface area contributed by atoms with Crippen LogP contribution in [0.2, 0.25) is 0 Å². The molecule has 2 aliphatic carbocycles. The summed E-state index contributed by atoms with van der Waals surface area (Å²) in [5.41, 5.74) is 14.5. The third-order valence-electron chi connectivity index (χ3n) is 16.4. The largest absolute Gasteiger partial charge is 0.455 e. The van der Waals surface area contributed by atoms with Crippen LogP contribution < -0.4 is 60.6 Å². The Hall–Kier alpha value is -6.92. The van der Waals surface area contributed by atoms with Gasteiger partial charge in [-0.3, -0.25) is 0 Å². The molecule has 0 aromatic heterocycles. The highest BCUT2D eigenvalue weighted by Gasteiger charge is 2.60. The Morgan fingerprint density at radius 1 is 0.371 bits per heavy atom. The maximum Gasteiger partial charge on any atom is 0.163 e. The van der Waals surface area contributed by atoms with Crippen LogP contribution in [0.25, 0.3) is 22.3 Å². The minimum absolute atomic E-state index is 0.375. The SMILES string of the molecule is CC1(C)c2ccccc2-c2cc3c4c(c21)Oc1cccc2c1P4(=S)c1c(c4c5c(c1N3c1ccccc1)Oc1cccc3c1P5(=S)c1c(cc5c(c1O3)C(C)(C)c1ccccc1-5)N4c1ccccc1)O2. The molecule has 0 fully saturated rings. The van der Waals surface area contributed by atoms with Crippen molar-refractivity contribution in [1.82, 2.24) is 0 Å². The number of ether oxygens (including phenoxy) is 4. The second-order valence-corrected chi connectivity index (χ2v) is 29.0. The molecule has 10 heteroatoms. The van der Waals surface area contributed by atoms with Crippen molar-refractivity contribution in [2.75, 3.05) is 9.80 Å². The van der Waals surface area contributed by atoms with Gasteiger partial charge in [-0.25, -0.2) is 0 Å². The van der Waals surface area contributed by atoms with Crippen LogP contribution in [-0.2, 0) is 34.4 Å². The van der Waals surface area contributed by atoms with Crippen LogP contribution in [0, 0.1) is 0 Å². The molecule has 17 rings (SSSR count). The fraction of sp³-hybridized carbons (Fsp3) is 0.100. The van der Waals surface area contributed by atoms with E-state index in [-0.39, 0.29) is 10.8 Å². The Balaban J connectivity index is 1.10. The zero-order chi connectivity index (χ0) is 46.5. The van der Waals surface area contributed by atoms with E-state index in [1.807, 2.05) is 12.1 Å². The van der Waals surface area contributed by atoms with Crippen LogP contribution in [0.15, 0.2) is 158 Å². The lowest BCUT2D eigenvalue weighted by atomic mass is 9.81. The lowest BCUT2D eigenvalue weighted by molar-refractivity contribution is 0.451. The zero-order valence-electron chi connectivity index (χ0n) is 38.2. The number of hydrogen-bond donors (Lipinski definition) is 0. The molecule has 6 aliphatic heterocycles. The Bertz CT molecular complexity index is 3900. The number of para-hydroxylation sites is 2. The van der Waals surface area contributed by atoms with Crippen molar-refractivity contribution in [2.24, 2.45) is 0 Å². The highest BCUT2D eigenvalue weighted by Crippen LogP contribution is 2.75. The summed E-state index contributed by atoms with van der Waals surface area (Å²) in [4.78, 5) is 4.81. The van der Waals surface area contributed by atoms with Gasteiger partial charge in [-0.15, -0.1) is 0 Å². The van der Waals surface area contributed by atoms with Gasteiger partial charge in [-0.1, -0.05) is 148 Å². The molecular formula is C60H38N2O4P2S2. The topological polar surface area (TPSA) is 43.4 Å². The van der Waals surface area contributed by atoms with Crippen molar-refractivity contribution < 1.29 is 18.9 Å². The standard InChI is InChI=1S/C60H38N2O4P2S2/c1-59(2)37-23-13-11-21-33(37)35-29-39-53-49(45(35)59)63-41-25-15-27-43-55(41)67(53,69)57-47(61(39)31-17-7-5-8-18-31)52-58-48(51(57)65-43)62(32-19-9-6-10-20-32)40-30-36-34-22-12-14-24-38(34)60(3,4)46(36)50-54(40)68(58,70)56-42(64-50)26-16-28-44(56)66-52/h5-30H,1-4H3. The summed E-state index contributed by atoms with van der Waals surface area (Å²) >= 11 is 15.4. The van der Waals surface area contributed by atoms with Gasteiger partial charge >= 0.3 is 0 Å². The summed E-state index contributed by atoms with van der Waals surface area (Å²) in [6, 6.07) is 50.0. The fourth-order valence-electron chi connectivity index (χ4n) is 13.7. The van der Waals surface area contributed by atoms with Gasteiger partial charge < -0.3 is 28.7 Å². The first-order valence-electron chi connectivity index (χ1n) is 23.8. The van der Waals surface area contributed by atoms with Gasteiger partial charge in [0, 0.05) is 33.3 Å². The number of hydrogen-bond acceptors (Lipinski definition) is 8. The van der Waals surface area contributed by atoms with Gasteiger partial charge in [0.25, 0.3) is 0 Å². The molecule has 9 aromatic rings. The molecule has 0 saturated heterocycles. The number of benzene rings is 9. The molecule has 70 heavy (non-hydrogen) atoms. The van der Waals surface area contributed by atoms with Crippen LogP contribution in [0.1, 0.15) is 49.9 Å². The van der Waals surface area contributed by atoms with Gasteiger partial charge in [0.05, 0.1) is 55.3 Å². The summed E-state index contributed by atoms with van der Waals surface area (Å²) < 4.78 is 30.2. The first-order valence-corrected chi connectivity index (χ1v) is 29.4. The highest BCUT2D eigenvalue weighted by molar-refractivity contribution is 8.27. The van der Waals surface area contributed by atoms with Crippen LogP contribution in [-0.4, -0.2) is 0 Å². The zero-order valence-corrected chi connectivity index (χ0v) is 41.7. The summed E-state index contributed by atoms with van der Waals surface area (Å²) in [6.07, 6.45) is 0. The van der Waals surface area contributed by atoms with Crippen molar-refractivity contribution in [1.29, 1.82) is 0 Å². The highest BCUT2D eigenvalue weighted by atomic mass is 32.4. The molecular weight excluding hydrogens is 939 g/mol. The smallest absolute Gasteiger partial charge is 0.163 e. The lowest BCUT2D eigenvalue weighted by Gasteiger charge is -2.52.